The summed E-state index contributed by atoms with van der Waals surface area (Å²) in [6.07, 6.45) is 7.31. The first kappa shape index (κ1) is 12.2. The van der Waals surface area contributed by atoms with Crippen molar-refractivity contribution in [1.82, 2.24) is 14.8 Å². The zero-order valence-electron chi connectivity index (χ0n) is 11.5. The van der Waals surface area contributed by atoms with E-state index < -0.39 is 0 Å². The molecule has 1 heterocycles. The molecule has 1 saturated carbocycles. The van der Waals surface area contributed by atoms with Gasteiger partial charge in [-0.05, 0) is 36.5 Å². The highest BCUT2D eigenvalue weighted by Gasteiger charge is 2.34. The third kappa shape index (κ3) is 2.48. The quantitative estimate of drug-likeness (QED) is 0.916. The third-order valence-corrected chi connectivity index (χ3v) is 4.16. The second-order valence-electron chi connectivity index (χ2n) is 6.00. The lowest BCUT2D eigenvalue weighted by atomic mass is 9.87. The van der Waals surface area contributed by atoms with Gasteiger partial charge >= 0.3 is 0 Å². The Morgan fingerprint density at radius 2 is 2.05 bits per heavy atom. The maximum absolute atomic E-state index is 3.85. The molecule has 2 aromatic rings. The van der Waals surface area contributed by atoms with Crippen LogP contribution in [0, 0.1) is 5.41 Å². The summed E-state index contributed by atoms with van der Waals surface area (Å²) in [6, 6.07) is 8.97. The predicted octanol–water partition coefficient (Wildman–Crippen LogP) is 3.26. The molecule has 0 saturated heterocycles. The predicted molar refractivity (Wildman–Crippen MR) is 76.4 cm³/mol. The number of hydrogen-bond acceptors (Lipinski definition) is 3. The molecule has 1 aliphatic rings. The van der Waals surface area contributed by atoms with Crippen LogP contribution >= 0.6 is 0 Å². The third-order valence-electron chi connectivity index (χ3n) is 4.16. The van der Waals surface area contributed by atoms with Crippen LogP contribution in [0.1, 0.15) is 33.1 Å². The van der Waals surface area contributed by atoms with Gasteiger partial charge in [-0.15, -0.1) is 10.2 Å². The van der Waals surface area contributed by atoms with Gasteiger partial charge < -0.3 is 5.32 Å². The molecule has 19 heavy (non-hydrogen) atoms. The Bertz CT molecular complexity index is 545. The summed E-state index contributed by atoms with van der Waals surface area (Å²) in [5.74, 6) is 0. The molecule has 0 aliphatic heterocycles. The van der Waals surface area contributed by atoms with Crippen LogP contribution in [0.3, 0.4) is 0 Å². The highest BCUT2D eigenvalue weighted by atomic mass is 15.2. The van der Waals surface area contributed by atoms with E-state index in [4.69, 9.17) is 0 Å². The van der Waals surface area contributed by atoms with E-state index in [0.717, 1.165) is 5.69 Å². The van der Waals surface area contributed by atoms with E-state index in [1.54, 1.807) is 12.7 Å². The molecule has 1 atom stereocenters. The minimum Gasteiger partial charge on any atom is -0.382 e. The molecule has 0 amide bonds. The van der Waals surface area contributed by atoms with Crippen LogP contribution in [0.15, 0.2) is 36.9 Å². The molecular formula is C15H20N4. The SMILES string of the molecule is CC1(C)CCCC1Nc1cccc(-n2cnnc2)c1. The van der Waals surface area contributed by atoms with Crippen LogP contribution in [-0.2, 0) is 0 Å². The summed E-state index contributed by atoms with van der Waals surface area (Å²) < 4.78 is 1.92. The summed E-state index contributed by atoms with van der Waals surface area (Å²) >= 11 is 0. The molecule has 3 rings (SSSR count). The standard InChI is InChI=1S/C15H20N4/c1-15(2)8-4-7-14(15)18-12-5-3-6-13(9-12)19-10-16-17-11-19/h3,5-6,9-11,14,18H,4,7-8H2,1-2H3. The van der Waals surface area contributed by atoms with Crippen molar-refractivity contribution in [2.75, 3.05) is 5.32 Å². The topological polar surface area (TPSA) is 42.7 Å². The lowest BCUT2D eigenvalue weighted by Gasteiger charge is -2.28. The number of nitrogens with zero attached hydrogens (tertiary/aromatic N) is 3. The van der Waals surface area contributed by atoms with Crippen LogP contribution in [0.2, 0.25) is 0 Å². The molecule has 1 aromatic carbocycles. The van der Waals surface area contributed by atoms with Gasteiger partial charge in [0.15, 0.2) is 0 Å². The van der Waals surface area contributed by atoms with Gasteiger partial charge in [0.2, 0.25) is 0 Å². The molecule has 4 heteroatoms. The fourth-order valence-corrected chi connectivity index (χ4v) is 2.89. The first-order valence-corrected chi connectivity index (χ1v) is 6.87. The number of anilines is 1. The van der Waals surface area contributed by atoms with Crippen LogP contribution in [0.25, 0.3) is 5.69 Å². The lowest BCUT2D eigenvalue weighted by Crippen LogP contribution is -2.30. The van der Waals surface area contributed by atoms with Crippen molar-refractivity contribution in [2.45, 2.75) is 39.2 Å². The number of nitrogens with one attached hydrogen (secondary N) is 1. The molecule has 100 valence electrons. The zero-order chi connectivity index (χ0) is 13.3. The van der Waals surface area contributed by atoms with Crippen molar-refractivity contribution < 1.29 is 0 Å². The van der Waals surface area contributed by atoms with Crippen LogP contribution in [-0.4, -0.2) is 20.8 Å². The molecule has 1 N–H and O–H groups in total. The van der Waals surface area contributed by atoms with Crippen molar-refractivity contribution in [3.05, 3.63) is 36.9 Å². The van der Waals surface area contributed by atoms with Crippen LogP contribution in [0.4, 0.5) is 5.69 Å². The Morgan fingerprint density at radius 3 is 2.74 bits per heavy atom. The van der Waals surface area contributed by atoms with E-state index in [0.29, 0.717) is 11.5 Å². The second kappa shape index (κ2) is 4.68. The van der Waals surface area contributed by atoms with Crippen molar-refractivity contribution in [3.8, 4) is 5.69 Å². The van der Waals surface area contributed by atoms with Crippen molar-refractivity contribution in [3.63, 3.8) is 0 Å². The second-order valence-corrected chi connectivity index (χ2v) is 6.00. The summed E-state index contributed by atoms with van der Waals surface area (Å²) in [5, 5.41) is 11.4. The van der Waals surface area contributed by atoms with Gasteiger partial charge in [0, 0.05) is 11.7 Å². The van der Waals surface area contributed by atoms with E-state index in [1.165, 1.54) is 24.9 Å². The van der Waals surface area contributed by atoms with Gasteiger partial charge in [0.05, 0.1) is 5.69 Å². The van der Waals surface area contributed by atoms with E-state index in [9.17, 15) is 0 Å². The minimum atomic E-state index is 0.382. The molecule has 1 aromatic heterocycles. The fourth-order valence-electron chi connectivity index (χ4n) is 2.89. The molecule has 1 fully saturated rings. The molecule has 1 aliphatic carbocycles. The fraction of sp³-hybridized carbons (Fsp3) is 0.467. The average Bonchev–Trinajstić information content (AvgIpc) is 3.01. The molecule has 0 bridgehead atoms. The first-order chi connectivity index (χ1) is 9.15. The van der Waals surface area contributed by atoms with E-state index in [2.05, 4.69) is 53.6 Å². The van der Waals surface area contributed by atoms with Crippen molar-refractivity contribution in [2.24, 2.45) is 5.41 Å². The van der Waals surface area contributed by atoms with Crippen LogP contribution in [0.5, 0.6) is 0 Å². The van der Waals surface area contributed by atoms with Crippen molar-refractivity contribution in [1.29, 1.82) is 0 Å². The van der Waals surface area contributed by atoms with Crippen LogP contribution < -0.4 is 5.32 Å². The normalized spacial score (nSPS) is 21.5. The van der Waals surface area contributed by atoms with E-state index >= 15 is 0 Å². The number of aromatic nitrogens is 3. The largest absolute Gasteiger partial charge is 0.382 e. The van der Waals surface area contributed by atoms with Gasteiger partial charge in [-0.2, -0.15) is 0 Å². The Balaban J connectivity index is 1.81. The smallest absolute Gasteiger partial charge is 0.123 e. The summed E-state index contributed by atoms with van der Waals surface area (Å²) in [5.41, 5.74) is 2.64. The first-order valence-electron chi connectivity index (χ1n) is 6.87. The Kier molecular flexibility index (Phi) is 3.01. The van der Waals surface area contributed by atoms with Gasteiger partial charge in [-0.25, -0.2) is 0 Å². The highest BCUT2D eigenvalue weighted by molar-refractivity contribution is 5.52. The minimum absolute atomic E-state index is 0.382. The maximum atomic E-state index is 3.85. The Hall–Kier alpha value is -1.84. The van der Waals surface area contributed by atoms with E-state index in [1.807, 2.05) is 4.57 Å². The Labute approximate surface area is 113 Å². The number of hydrogen-bond donors (Lipinski definition) is 1. The van der Waals surface area contributed by atoms with Gasteiger partial charge in [-0.3, -0.25) is 4.57 Å². The Morgan fingerprint density at radius 1 is 1.26 bits per heavy atom. The van der Waals surface area contributed by atoms with Gasteiger partial charge in [0.1, 0.15) is 12.7 Å². The molecule has 0 spiro atoms. The summed E-state index contributed by atoms with van der Waals surface area (Å²) in [4.78, 5) is 0. The molecule has 1 unspecified atom stereocenters. The number of rotatable bonds is 3. The molecule has 0 radical (unpaired) electrons. The monoisotopic (exact) mass is 256 g/mol. The van der Waals surface area contributed by atoms with Crippen molar-refractivity contribution >= 4 is 5.69 Å². The van der Waals surface area contributed by atoms with Gasteiger partial charge in [-0.1, -0.05) is 26.3 Å². The van der Waals surface area contributed by atoms with E-state index in [-0.39, 0.29) is 0 Å². The molecular weight excluding hydrogens is 236 g/mol. The number of benzene rings is 1. The van der Waals surface area contributed by atoms with Gasteiger partial charge in [0.25, 0.3) is 0 Å². The highest BCUT2D eigenvalue weighted by Crippen LogP contribution is 2.39. The average molecular weight is 256 g/mol. The zero-order valence-corrected chi connectivity index (χ0v) is 11.5. The summed E-state index contributed by atoms with van der Waals surface area (Å²) in [7, 11) is 0. The lowest BCUT2D eigenvalue weighted by molar-refractivity contribution is 0.350. The molecule has 4 nitrogen and oxygen atoms in total. The summed E-state index contributed by atoms with van der Waals surface area (Å²) in [6.45, 7) is 4.70. The maximum Gasteiger partial charge on any atom is 0.123 e.